The summed E-state index contributed by atoms with van der Waals surface area (Å²) in [5.74, 6) is 0.772. The van der Waals surface area contributed by atoms with E-state index < -0.39 is 0 Å². The van der Waals surface area contributed by atoms with Crippen molar-refractivity contribution in [2.24, 2.45) is 0 Å². The van der Waals surface area contributed by atoms with Crippen molar-refractivity contribution in [3.05, 3.63) is 66.7 Å². The third-order valence-corrected chi connectivity index (χ3v) is 4.79. The fourth-order valence-corrected chi connectivity index (χ4v) is 3.33. The summed E-state index contributed by atoms with van der Waals surface area (Å²) >= 11 is 0. The lowest BCUT2D eigenvalue weighted by Crippen LogP contribution is -2.37. The van der Waals surface area contributed by atoms with Gasteiger partial charge in [-0.25, -0.2) is 4.98 Å². The number of anilines is 1. The van der Waals surface area contributed by atoms with Gasteiger partial charge in [-0.2, -0.15) is 9.97 Å². The summed E-state index contributed by atoms with van der Waals surface area (Å²) in [5, 5.41) is 0. The lowest BCUT2D eigenvalue weighted by molar-refractivity contribution is 0.122. The first kappa shape index (κ1) is 17.6. The minimum absolute atomic E-state index is 0.320. The number of fused-ring (bicyclic) bond motifs is 1. The van der Waals surface area contributed by atoms with Crippen molar-refractivity contribution in [2.45, 2.75) is 6.61 Å². The highest BCUT2D eigenvalue weighted by atomic mass is 16.5. The van der Waals surface area contributed by atoms with E-state index in [1.165, 1.54) is 0 Å². The summed E-state index contributed by atoms with van der Waals surface area (Å²) < 4.78 is 13.4. The van der Waals surface area contributed by atoms with Gasteiger partial charge in [0.15, 0.2) is 17.0 Å². The van der Waals surface area contributed by atoms with Gasteiger partial charge in [-0.15, -0.1) is 0 Å². The molecule has 1 fully saturated rings. The minimum Gasteiger partial charge on any atom is -0.458 e. The van der Waals surface area contributed by atoms with Gasteiger partial charge in [0.25, 0.3) is 0 Å². The molecule has 4 heterocycles. The van der Waals surface area contributed by atoms with Crippen LogP contribution in [0.15, 0.2) is 61.2 Å². The second-order valence-corrected chi connectivity index (χ2v) is 6.70. The van der Waals surface area contributed by atoms with Crippen LogP contribution in [-0.4, -0.2) is 50.8 Å². The second-order valence-electron chi connectivity index (χ2n) is 6.70. The van der Waals surface area contributed by atoms with Crippen molar-refractivity contribution in [3.8, 4) is 11.7 Å². The van der Waals surface area contributed by atoms with Gasteiger partial charge in [0.1, 0.15) is 12.9 Å². The quantitative estimate of drug-likeness (QED) is 0.520. The number of pyridine rings is 1. The first-order chi connectivity index (χ1) is 14.4. The first-order valence-electron chi connectivity index (χ1n) is 9.53. The third kappa shape index (κ3) is 3.62. The van der Waals surface area contributed by atoms with Crippen LogP contribution in [-0.2, 0) is 11.3 Å². The SMILES string of the molecule is c1ccc(-n2cnc3c(N4CCOCC4)nc(OCc4cccnc4)nc32)cc1. The molecular weight excluding hydrogens is 368 g/mol. The maximum atomic E-state index is 5.93. The summed E-state index contributed by atoms with van der Waals surface area (Å²) in [6, 6.07) is 14.2. The Kier molecular flexibility index (Phi) is 4.75. The summed E-state index contributed by atoms with van der Waals surface area (Å²) in [5.41, 5.74) is 3.42. The Labute approximate surface area is 167 Å². The topological polar surface area (TPSA) is 78.2 Å². The first-order valence-corrected chi connectivity index (χ1v) is 9.53. The number of hydrogen-bond acceptors (Lipinski definition) is 7. The number of benzene rings is 1. The maximum Gasteiger partial charge on any atom is 0.320 e. The van der Waals surface area contributed by atoms with Gasteiger partial charge in [-0.3, -0.25) is 9.55 Å². The second kappa shape index (κ2) is 7.84. The number of aromatic nitrogens is 5. The summed E-state index contributed by atoms with van der Waals surface area (Å²) in [7, 11) is 0. The van der Waals surface area contributed by atoms with Gasteiger partial charge in [-0.05, 0) is 18.2 Å². The Morgan fingerprint density at radius 1 is 1.00 bits per heavy atom. The molecule has 0 bridgehead atoms. The van der Waals surface area contributed by atoms with E-state index in [0.29, 0.717) is 31.5 Å². The van der Waals surface area contributed by atoms with E-state index in [1.54, 1.807) is 18.7 Å². The van der Waals surface area contributed by atoms with Crippen LogP contribution in [0, 0.1) is 0 Å². The van der Waals surface area contributed by atoms with E-state index in [-0.39, 0.29) is 0 Å². The van der Waals surface area contributed by atoms with Crippen LogP contribution in [0.5, 0.6) is 6.01 Å². The zero-order chi connectivity index (χ0) is 19.5. The van der Waals surface area contributed by atoms with Crippen LogP contribution in [0.25, 0.3) is 16.9 Å². The monoisotopic (exact) mass is 388 g/mol. The molecule has 3 aromatic heterocycles. The van der Waals surface area contributed by atoms with E-state index in [0.717, 1.165) is 35.7 Å². The molecule has 1 aliphatic heterocycles. The molecule has 1 aliphatic rings. The molecule has 0 radical (unpaired) electrons. The number of rotatable bonds is 5. The van der Waals surface area contributed by atoms with E-state index in [2.05, 4.69) is 24.8 Å². The van der Waals surface area contributed by atoms with Gasteiger partial charge in [0, 0.05) is 36.7 Å². The molecule has 0 atom stereocenters. The van der Waals surface area contributed by atoms with Crippen LogP contribution in [0.2, 0.25) is 0 Å². The van der Waals surface area contributed by atoms with E-state index in [9.17, 15) is 0 Å². The number of morpholine rings is 1. The molecule has 0 saturated carbocycles. The number of imidazole rings is 1. The van der Waals surface area contributed by atoms with Crippen molar-refractivity contribution in [1.29, 1.82) is 0 Å². The molecule has 8 heteroatoms. The van der Waals surface area contributed by atoms with E-state index >= 15 is 0 Å². The molecule has 0 amide bonds. The fourth-order valence-electron chi connectivity index (χ4n) is 3.33. The molecule has 4 aromatic rings. The smallest absolute Gasteiger partial charge is 0.320 e. The van der Waals surface area contributed by atoms with Crippen LogP contribution < -0.4 is 9.64 Å². The molecule has 1 aromatic carbocycles. The lowest BCUT2D eigenvalue weighted by Gasteiger charge is -2.28. The number of para-hydroxylation sites is 1. The summed E-state index contributed by atoms with van der Waals surface area (Å²) in [6.45, 7) is 3.19. The Morgan fingerprint density at radius 2 is 1.86 bits per heavy atom. The standard InChI is InChI=1S/C21H20N6O2/c1-2-6-17(7-3-1)27-15-23-18-19(26-9-11-28-12-10-26)24-21(25-20(18)27)29-14-16-5-4-8-22-13-16/h1-8,13,15H,9-12,14H2. The van der Waals surface area contributed by atoms with Crippen LogP contribution in [0.3, 0.4) is 0 Å². The molecular formula is C21H20N6O2. The van der Waals surface area contributed by atoms with Crippen LogP contribution in [0.1, 0.15) is 5.56 Å². The molecule has 0 aliphatic carbocycles. The predicted molar refractivity (Wildman–Crippen MR) is 108 cm³/mol. The maximum absolute atomic E-state index is 5.93. The van der Waals surface area contributed by atoms with Crippen LogP contribution in [0.4, 0.5) is 5.82 Å². The van der Waals surface area contributed by atoms with E-state index in [4.69, 9.17) is 9.47 Å². The van der Waals surface area contributed by atoms with E-state index in [1.807, 2.05) is 47.0 Å². The fraction of sp³-hybridized carbons (Fsp3) is 0.238. The molecule has 0 N–H and O–H groups in total. The molecule has 0 unspecified atom stereocenters. The molecule has 29 heavy (non-hydrogen) atoms. The molecule has 0 spiro atoms. The molecule has 8 nitrogen and oxygen atoms in total. The highest BCUT2D eigenvalue weighted by molar-refractivity contribution is 5.85. The lowest BCUT2D eigenvalue weighted by atomic mass is 10.3. The average molecular weight is 388 g/mol. The summed E-state index contributed by atoms with van der Waals surface area (Å²) in [4.78, 5) is 20.3. The predicted octanol–water partition coefficient (Wildman–Crippen LogP) is 2.63. The molecule has 1 saturated heterocycles. The number of nitrogens with zero attached hydrogens (tertiary/aromatic N) is 6. The normalized spacial score (nSPS) is 14.3. The Hall–Kier alpha value is -3.52. The highest BCUT2D eigenvalue weighted by Crippen LogP contribution is 2.27. The van der Waals surface area contributed by atoms with Crippen LogP contribution >= 0.6 is 0 Å². The van der Waals surface area contributed by atoms with Gasteiger partial charge in [0.2, 0.25) is 0 Å². The van der Waals surface area contributed by atoms with Gasteiger partial charge in [0.05, 0.1) is 13.2 Å². The average Bonchev–Trinajstić information content (AvgIpc) is 3.23. The van der Waals surface area contributed by atoms with Crippen molar-refractivity contribution in [3.63, 3.8) is 0 Å². The van der Waals surface area contributed by atoms with Crippen molar-refractivity contribution >= 4 is 17.0 Å². The summed E-state index contributed by atoms with van der Waals surface area (Å²) in [6.07, 6.45) is 5.29. The van der Waals surface area contributed by atoms with Gasteiger partial charge < -0.3 is 14.4 Å². The van der Waals surface area contributed by atoms with Crippen molar-refractivity contribution in [1.82, 2.24) is 24.5 Å². The zero-order valence-corrected chi connectivity index (χ0v) is 15.8. The Morgan fingerprint density at radius 3 is 2.66 bits per heavy atom. The zero-order valence-electron chi connectivity index (χ0n) is 15.8. The largest absolute Gasteiger partial charge is 0.458 e. The van der Waals surface area contributed by atoms with Gasteiger partial charge in [-0.1, -0.05) is 24.3 Å². The highest BCUT2D eigenvalue weighted by Gasteiger charge is 2.21. The minimum atomic E-state index is 0.320. The molecule has 5 rings (SSSR count). The van der Waals surface area contributed by atoms with Crippen molar-refractivity contribution < 1.29 is 9.47 Å². The Bertz CT molecular complexity index is 1090. The Balaban J connectivity index is 1.57. The number of hydrogen-bond donors (Lipinski definition) is 0. The third-order valence-electron chi connectivity index (χ3n) is 4.79. The number of ether oxygens (including phenoxy) is 2. The molecule has 146 valence electrons. The van der Waals surface area contributed by atoms with Gasteiger partial charge >= 0.3 is 6.01 Å². The van der Waals surface area contributed by atoms with Crippen molar-refractivity contribution in [2.75, 3.05) is 31.2 Å².